The van der Waals surface area contributed by atoms with E-state index in [0.29, 0.717) is 4.47 Å². The fourth-order valence-corrected chi connectivity index (χ4v) is 1.65. The van der Waals surface area contributed by atoms with Gasteiger partial charge in [0, 0.05) is 18.9 Å². The van der Waals surface area contributed by atoms with Crippen molar-refractivity contribution in [3.05, 3.63) is 51.9 Å². The molecule has 0 aliphatic carbocycles. The Labute approximate surface area is 97.0 Å². The first-order valence-electron chi connectivity index (χ1n) is 4.57. The third-order valence-electron chi connectivity index (χ3n) is 1.89. The molecule has 0 amide bonds. The molecule has 1 aromatic heterocycles. The quantitative estimate of drug-likeness (QED) is 0.853. The lowest BCUT2D eigenvalue weighted by Crippen LogP contribution is -2.13. The normalized spacial score (nSPS) is 10.7. The minimum atomic E-state index is -0.159. The van der Waals surface area contributed by atoms with Gasteiger partial charge in [-0.05, 0) is 22.4 Å². The topological polar surface area (TPSA) is 48.0 Å². The standard InChI is InChI=1S/C11H13BrN2O/c1-2-3-4-5-6-14-7-9(12)11(15)10(13)8-14/h2-4,7-8H,1,5-6,13H2/b4-3+. The molecule has 0 saturated heterocycles. The summed E-state index contributed by atoms with van der Waals surface area (Å²) in [6.45, 7) is 4.37. The number of aromatic nitrogens is 1. The van der Waals surface area contributed by atoms with Gasteiger partial charge in [0.25, 0.3) is 0 Å². The molecule has 0 atom stereocenters. The van der Waals surface area contributed by atoms with Gasteiger partial charge in [-0.15, -0.1) is 0 Å². The van der Waals surface area contributed by atoms with Crippen molar-refractivity contribution in [3.63, 3.8) is 0 Å². The van der Waals surface area contributed by atoms with Gasteiger partial charge in [-0.3, -0.25) is 4.79 Å². The van der Waals surface area contributed by atoms with Crippen LogP contribution in [0, 0.1) is 0 Å². The number of hydrogen-bond acceptors (Lipinski definition) is 2. The summed E-state index contributed by atoms with van der Waals surface area (Å²) in [6, 6.07) is 0. The van der Waals surface area contributed by atoms with E-state index in [1.165, 1.54) is 0 Å². The Morgan fingerprint density at radius 3 is 2.87 bits per heavy atom. The van der Waals surface area contributed by atoms with Crippen molar-refractivity contribution in [3.8, 4) is 0 Å². The van der Waals surface area contributed by atoms with Crippen LogP contribution in [0.25, 0.3) is 0 Å². The second kappa shape index (κ2) is 5.56. The van der Waals surface area contributed by atoms with Crippen LogP contribution in [0.15, 0.2) is 46.5 Å². The van der Waals surface area contributed by atoms with Gasteiger partial charge >= 0.3 is 0 Å². The van der Waals surface area contributed by atoms with Gasteiger partial charge in [0.2, 0.25) is 5.43 Å². The first-order chi connectivity index (χ1) is 7.15. The van der Waals surface area contributed by atoms with Crippen molar-refractivity contribution in [2.75, 3.05) is 5.73 Å². The van der Waals surface area contributed by atoms with E-state index in [-0.39, 0.29) is 11.1 Å². The highest BCUT2D eigenvalue weighted by molar-refractivity contribution is 9.10. The first kappa shape index (κ1) is 11.8. The molecule has 0 radical (unpaired) electrons. The predicted molar refractivity (Wildman–Crippen MR) is 66.8 cm³/mol. The van der Waals surface area contributed by atoms with Gasteiger partial charge in [0.1, 0.15) is 0 Å². The monoisotopic (exact) mass is 268 g/mol. The summed E-state index contributed by atoms with van der Waals surface area (Å²) in [5.41, 5.74) is 5.66. The number of aryl methyl sites for hydroxylation is 1. The van der Waals surface area contributed by atoms with E-state index in [1.807, 2.05) is 16.7 Å². The number of hydrogen-bond donors (Lipinski definition) is 1. The molecule has 0 fully saturated rings. The maximum Gasteiger partial charge on any atom is 0.218 e. The predicted octanol–water partition coefficient (Wildman–Crippen LogP) is 2.33. The Bertz CT molecular complexity index is 408. The van der Waals surface area contributed by atoms with Crippen LogP contribution in [0.5, 0.6) is 0 Å². The molecule has 1 rings (SSSR count). The molecule has 3 nitrogen and oxygen atoms in total. The summed E-state index contributed by atoms with van der Waals surface area (Å²) < 4.78 is 2.38. The van der Waals surface area contributed by atoms with Crippen LogP contribution >= 0.6 is 15.9 Å². The van der Waals surface area contributed by atoms with Crippen molar-refractivity contribution in [2.24, 2.45) is 0 Å². The fraction of sp³-hybridized carbons (Fsp3) is 0.182. The lowest BCUT2D eigenvalue weighted by atomic mass is 10.3. The molecule has 4 heteroatoms. The van der Waals surface area contributed by atoms with Gasteiger partial charge in [-0.1, -0.05) is 24.8 Å². The molecule has 80 valence electrons. The number of halogens is 1. The second-order valence-corrected chi connectivity index (χ2v) is 3.94. The summed E-state index contributed by atoms with van der Waals surface area (Å²) >= 11 is 3.17. The van der Waals surface area contributed by atoms with Crippen molar-refractivity contribution in [1.82, 2.24) is 4.57 Å². The Kier molecular flexibility index (Phi) is 4.37. The Balaban J connectivity index is 2.75. The zero-order chi connectivity index (χ0) is 11.3. The van der Waals surface area contributed by atoms with Crippen molar-refractivity contribution in [2.45, 2.75) is 13.0 Å². The van der Waals surface area contributed by atoms with Gasteiger partial charge in [0.15, 0.2) is 0 Å². The molecule has 1 aromatic rings. The number of nitrogens with zero attached hydrogens (tertiary/aromatic N) is 1. The van der Waals surface area contributed by atoms with Crippen LogP contribution < -0.4 is 11.2 Å². The Hall–Kier alpha value is -1.29. The van der Waals surface area contributed by atoms with Crippen LogP contribution in [0.2, 0.25) is 0 Å². The van der Waals surface area contributed by atoms with E-state index in [9.17, 15) is 4.79 Å². The summed E-state index contributed by atoms with van der Waals surface area (Å²) in [5, 5.41) is 0. The van der Waals surface area contributed by atoms with E-state index < -0.39 is 0 Å². The Morgan fingerprint density at radius 1 is 1.53 bits per heavy atom. The van der Waals surface area contributed by atoms with Crippen LogP contribution in [-0.4, -0.2) is 4.57 Å². The molecule has 0 spiro atoms. The highest BCUT2D eigenvalue weighted by Gasteiger charge is 2.00. The summed E-state index contributed by atoms with van der Waals surface area (Å²) in [5.74, 6) is 0. The largest absolute Gasteiger partial charge is 0.394 e. The van der Waals surface area contributed by atoms with Crippen LogP contribution in [0.3, 0.4) is 0 Å². The number of nitrogens with two attached hydrogens (primary N) is 1. The highest BCUT2D eigenvalue weighted by atomic mass is 79.9. The van der Waals surface area contributed by atoms with Crippen LogP contribution in [-0.2, 0) is 6.54 Å². The maximum absolute atomic E-state index is 11.3. The maximum atomic E-state index is 11.3. The van der Waals surface area contributed by atoms with Crippen molar-refractivity contribution < 1.29 is 0 Å². The lowest BCUT2D eigenvalue weighted by molar-refractivity contribution is 0.702. The lowest BCUT2D eigenvalue weighted by Gasteiger charge is -2.05. The first-order valence-corrected chi connectivity index (χ1v) is 5.37. The van der Waals surface area contributed by atoms with E-state index in [4.69, 9.17) is 5.73 Å². The van der Waals surface area contributed by atoms with Gasteiger partial charge in [-0.2, -0.15) is 0 Å². The van der Waals surface area contributed by atoms with E-state index >= 15 is 0 Å². The van der Waals surface area contributed by atoms with Gasteiger partial charge in [-0.25, -0.2) is 0 Å². The molecule has 2 N–H and O–H groups in total. The van der Waals surface area contributed by atoms with Crippen LogP contribution in [0.4, 0.5) is 5.69 Å². The number of pyridine rings is 1. The summed E-state index contributed by atoms with van der Waals surface area (Å²) in [7, 11) is 0. The van der Waals surface area contributed by atoms with Gasteiger partial charge < -0.3 is 10.3 Å². The van der Waals surface area contributed by atoms with Crippen molar-refractivity contribution >= 4 is 21.6 Å². The van der Waals surface area contributed by atoms with Gasteiger partial charge in [0.05, 0.1) is 10.2 Å². The van der Waals surface area contributed by atoms with Crippen molar-refractivity contribution in [1.29, 1.82) is 0 Å². The third-order valence-corrected chi connectivity index (χ3v) is 2.45. The molecule has 0 aliphatic heterocycles. The van der Waals surface area contributed by atoms with Crippen LogP contribution in [0.1, 0.15) is 6.42 Å². The summed E-state index contributed by atoms with van der Waals surface area (Å²) in [4.78, 5) is 11.3. The Morgan fingerprint density at radius 2 is 2.27 bits per heavy atom. The van der Waals surface area contributed by atoms with E-state index in [2.05, 4.69) is 22.5 Å². The minimum absolute atomic E-state index is 0.159. The zero-order valence-electron chi connectivity index (χ0n) is 8.32. The van der Waals surface area contributed by atoms with E-state index in [0.717, 1.165) is 13.0 Å². The molecule has 0 saturated carbocycles. The SMILES string of the molecule is C=C/C=C/CCn1cc(N)c(=O)c(Br)c1. The molecule has 0 aromatic carbocycles. The highest BCUT2D eigenvalue weighted by Crippen LogP contribution is 2.06. The number of allylic oxidation sites excluding steroid dienone is 3. The molecule has 15 heavy (non-hydrogen) atoms. The molecular formula is C11H13BrN2O. The number of rotatable bonds is 4. The third kappa shape index (κ3) is 3.40. The average Bonchev–Trinajstić information content (AvgIpc) is 2.21. The smallest absolute Gasteiger partial charge is 0.218 e. The molecule has 0 aliphatic rings. The molecule has 0 bridgehead atoms. The fourth-order valence-electron chi connectivity index (χ4n) is 1.16. The average molecular weight is 269 g/mol. The number of nitrogen functional groups attached to an aromatic ring is 1. The molecular weight excluding hydrogens is 256 g/mol. The molecule has 0 unspecified atom stereocenters. The molecule has 1 heterocycles. The summed E-state index contributed by atoms with van der Waals surface area (Å²) in [6.07, 6.45) is 9.89. The second-order valence-electron chi connectivity index (χ2n) is 3.08. The minimum Gasteiger partial charge on any atom is -0.394 e. The van der Waals surface area contributed by atoms with E-state index in [1.54, 1.807) is 18.5 Å². The number of anilines is 1. The zero-order valence-corrected chi connectivity index (χ0v) is 9.90.